The molecule has 1 aromatic heterocycles. The Hall–Kier alpha value is -2.63. The van der Waals surface area contributed by atoms with Crippen molar-refractivity contribution in [3.05, 3.63) is 47.7 Å². The molecule has 126 valence electrons. The highest BCUT2D eigenvalue weighted by atomic mass is 16.1. The second-order valence-corrected chi connectivity index (χ2v) is 6.34. The average Bonchev–Trinajstić information content (AvgIpc) is 2.55. The molecule has 6 nitrogen and oxygen atoms in total. The molecule has 1 fully saturated rings. The molecule has 1 aliphatic rings. The van der Waals surface area contributed by atoms with E-state index in [1.807, 2.05) is 31.2 Å². The van der Waals surface area contributed by atoms with Crippen LogP contribution in [0.2, 0.25) is 0 Å². The molecule has 1 aromatic carbocycles. The molecule has 1 saturated heterocycles. The van der Waals surface area contributed by atoms with Crippen LogP contribution in [-0.4, -0.2) is 29.0 Å². The first-order chi connectivity index (χ1) is 11.5. The van der Waals surface area contributed by atoms with Crippen LogP contribution < -0.4 is 16.0 Å². The number of piperidine rings is 1. The van der Waals surface area contributed by atoms with Crippen LogP contribution in [0.4, 0.5) is 11.8 Å². The van der Waals surface area contributed by atoms with E-state index in [2.05, 4.69) is 32.3 Å². The zero-order chi connectivity index (χ0) is 17.2. The number of hydrogen-bond acceptors (Lipinski definition) is 5. The highest BCUT2D eigenvalue weighted by Crippen LogP contribution is 2.34. The number of hydrogen-bond donors (Lipinski definition) is 2. The molecule has 0 unspecified atom stereocenters. The number of nitrogens with two attached hydrogens (primary N) is 1. The lowest BCUT2D eigenvalue weighted by Crippen LogP contribution is -2.52. The molecule has 0 saturated carbocycles. The first-order valence-electron chi connectivity index (χ1n) is 8.19. The average molecular weight is 325 g/mol. The molecule has 24 heavy (non-hydrogen) atoms. The zero-order valence-corrected chi connectivity index (χ0v) is 14.1. The van der Waals surface area contributed by atoms with Crippen molar-refractivity contribution in [1.29, 1.82) is 0 Å². The molecule has 6 heteroatoms. The molecule has 1 amide bonds. The van der Waals surface area contributed by atoms with Gasteiger partial charge in [-0.05, 0) is 25.3 Å². The summed E-state index contributed by atoms with van der Waals surface area (Å²) in [6.45, 7) is 5.08. The van der Waals surface area contributed by atoms with Gasteiger partial charge in [-0.1, -0.05) is 30.3 Å². The van der Waals surface area contributed by atoms with Crippen LogP contribution in [0.15, 0.2) is 36.4 Å². The lowest BCUT2D eigenvalue weighted by Gasteiger charge is -2.43. The van der Waals surface area contributed by atoms with Gasteiger partial charge in [-0.25, -0.2) is 4.98 Å². The Morgan fingerprint density at radius 2 is 1.88 bits per heavy atom. The van der Waals surface area contributed by atoms with E-state index in [4.69, 9.17) is 5.73 Å². The molecule has 3 N–H and O–H groups in total. The first-order valence-corrected chi connectivity index (χ1v) is 8.19. The van der Waals surface area contributed by atoms with Crippen molar-refractivity contribution in [2.24, 2.45) is 0 Å². The third-order valence-electron chi connectivity index (χ3n) is 4.54. The maximum absolute atomic E-state index is 11.8. The first kappa shape index (κ1) is 16.2. The van der Waals surface area contributed by atoms with Crippen molar-refractivity contribution >= 4 is 17.7 Å². The van der Waals surface area contributed by atoms with E-state index in [-0.39, 0.29) is 11.4 Å². The van der Waals surface area contributed by atoms with Crippen LogP contribution in [-0.2, 0) is 10.3 Å². The van der Waals surface area contributed by atoms with Gasteiger partial charge in [-0.3, -0.25) is 4.79 Å². The Kier molecular flexibility index (Phi) is 4.38. The van der Waals surface area contributed by atoms with E-state index < -0.39 is 0 Å². The van der Waals surface area contributed by atoms with E-state index >= 15 is 0 Å². The van der Waals surface area contributed by atoms with Gasteiger partial charge < -0.3 is 16.0 Å². The predicted octanol–water partition coefficient (Wildman–Crippen LogP) is 2.00. The van der Waals surface area contributed by atoms with E-state index in [0.717, 1.165) is 43.0 Å². The molecular formula is C18H23N5O. The quantitative estimate of drug-likeness (QED) is 0.902. The number of carbonyl (C=O) groups is 1. The van der Waals surface area contributed by atoms with Crippen molar-refractivity contribution in [3.8, 4) is 0 Å². The number of nitrogens with zero attached hydrogens (tertiary/aromatic N) is 3. The fourth-order valence-corrected chi connectivity index (χ4v) is 3.43. The Labute approximate surface area is 142 Å². The number of rotatable bonds is 3. The molecule has 0 spiro atoms. The van der Waals surface area contributed by atoms with Gasteiger partial charge >= 0.3 is 0 Å². The van der Waals surface area contributed by atoms with Crippen molar-refractivity contribution in [1.82, 2.24) is 15.3 Å². The highest BCUT2D eigenvalue weighted by molar-refractivity contribution is 5.74. The largest absolute Gasteiger partial charge is 0.368 e. The van der Waals surface area contributed by atoms with Gasteiger partial charge in [0.2, 0.25) is 11.9 Å². The molecule has 1 aliphatic heterocycles. The van der Waals surface area contributed by atoms with E-state index in [9.17, 15) is 4.79 Å². The number of aromatic nitrogens is 2. The molecule has 0 aliphatic carbocycles. The Balaban J connectivity index is 1.83. The summed E-state index contributed by atoms with van der Waals surface area (Å²) in [6.07, 6.45) is 1.64. The van der Waals surface area contributed by atoms with Crippen molar-refractivity contribution in [3.63, 3.8) is 0 Å². The fraction of sp³-hybridized carbons (Fsp3) is 0.389. The smallest absolute Gasteiger partial charge is 0.222 e. The Morgan fingerprint density at radius 3 is 2.46 bits per heavy atom. The number of carbonyl (C=O) groups excluding carboxylic acids is 1. The third-order valence-corrected chi connectivity index (χ3v) is 4.54. The molecule has 0 atom stereocenters. The summed E-state index contributed by atoms with van der Waals surface area (Å²) in [5, 5.41) is 3.18. The second-order valence-electron chi connectivity index (χ2n) is 6.34. The minimum absolute atomic E-state index is 0.00516. The van der Waals surface area contributed by atoms with Crippen molar-refractivity contribution in [2.45, 2.75) is 32.2 Å². The monoisotopic (exact) mass is 325 g/mol. The summed E-state index contributed by atoms with van der Waals surface area (Å²) < 4.78 is 0. The Bertz CT molecular complexity index is 703. The molecule has 2 heterocycles. The standard InChI is InChI=1S/C18H23N5O/c1-13-12-16(21-17(19)20-13)23-10-8-18(9-11-23,22-14(2)24)15-6-4-3-5-7-15/h3-7,12H,8-11H2,1-2H3,(H,22,24)(H2,19,20,21). The van der Waals surface area contributed by atoms with E-state index in [1.165, 1.54) is 0 Å². The van der Waals surface area contributed by atoms with Crippen LogP contribution in [0.5, 0.6) is 0 Å². The number of nitrogens with one attached hydrogen (secondary N) is 1. The fourth-order valence-electron chi connectivity index (χ4n) is 3.43. The minimum atomic E-state index is -0.322. The van der Waals surface area contributed by atoms with Gasteiger partial charge in [-0.2, -0.15) is 4.98 Å². The summed E-state index contributed by atoms with van der Waals surface area (Å²) in [5.74, 6) is 1.14. The van der Waals surface area contributed by atoms with Crippen LogP contribution in [0.1, 0.15) is 31.0 Å². The second kappa shape index (κ2) is 6.47. The van der Waals surface area contributed by atoms with Gasteiger partial charge in [0.05, 0.1) is 5.54 Å². The summed E-state index contributed by atoms with van der Waals surface area (Å²) in [4.78, 5) is 22.4. The summed E-state index contributed by atoms with van der Waals surface area (Å²) in [7, 11) is 0. The van der Waals surface area contributed by atoms with Crippen LogP contribution in [0.3, 0.4) is 0 Å². The highest BCUT2D eigenvalue weighted by Gasteiger charge is 2.37. The summed E-state index contributed by atoms with van der Waals surface area (Å²) in [6, 6.07) is 12.1. The molecular weight excluding hydrogens is 302 g/mol. The molecule has 3 rings (SSSR count). The zero-order valence-electron chi connectivity index (χ0n) is 14.1. The number of anilines is 2. The van der Waals surface area contributed by atoms with E-state index in [0.29, 0.717) is 5.95 Å². The van der Waals surface area contributed by atoms with Crippen molar-refractivity contribution in [2.75, 3.05) is 23.7 Å². The van der Waals surface area contributed by atoms with Gasteiger partial charge in [0.25, 0.3) is 0 Å². The number of benzene rings is 1. The topological polar surface area (TPSA) is 84.1 Å². The summed E-state index contributed by atoms with van der Waals surface area (Å²) >= 11 is 0. The normalized spacial score (nSPS) is 16.7. The number of amides is 1. The van der Waals surface area contributed by atoms with Gasteiger partial charge in [-0.15, -0.1) is 0 Å². The lowest BCUT2D eigenvalue weighted by molar-refractivity contribution is -0.121. The number of aryl methyl sites for hydroxylation is 1. The van der Waals surface area contributed by atoms with Crippen LogP contribution in [0.25, 0.3) is 0 Å². The molecule has 0 bridgehead atoms. The predicted molar refractivity (Wildman–Crippen MR) is 94.6 cm³/mol. The summed E-state index contributed by atoms with van der Waals surface area (Å²) in [5.41, 5.74) is 7.46. The maximum atomic E-state index is 11.8. The van der Waals surface area contributed by atoms with Crippen LogP contribution in [0, 0.1) is 6.92 Å². The Morgan fingerprint density at radius 1 is 1.21 bits per heavy atom. The van der Waals surface area contributed by atoms with Crippen molar-refractivity contribution < 1.29 is 4.79 Å². The molecule has 0 radical (unpaired) electrons. The minimum Gasteiger partial charge on any atom is -0.368 e. The molecule has 2 aromatic rings. The number of nitrogen functional groups attached to an aromatic ring is 1. The van der Waals surface area contributed by atoms with Gasteiger partial charge in [0.1, 0.15) is 5.82 Å². The van der Waals surface area contributed by atoms with Gasteiger partial charge in [0, 0.05) is 31.8 Å². The van der Waals surface area contributed by atoms with Crippen LogP contribution >= 0.6 is 0 Å². The van der Waals surface area contributed by atoms with E-state index in [1.54, 1.807) is 6.92 Å². The van der Waals surface area contributed by atoms with Gasteiger partial charge in [0.15, 0.2) is 0 Å². The third kappa shape index (κ3) is 3.32. The lowest BCUT2D eigenvalue weighted by atomic mass is 9.80. The maximum Gasteiger partial charge on any atom is 0.222 e. The SMILES string of the molecule is CC(=O)NC1(c2ccccc2)CCN(c2cc(C)nc(N)n2)CC1.